The quantitative estimate of drug-likeness (QED) is 0.745. The molecule has 0 aromatic heterocycles. The Morgan fingerprint density at radius 3 is 2.54 bits per heavy atom. The van der Waals surface area contributed by atoms with Gasteiger partial charge in [-0.05, 0) is 24.8 Å². The van der Waals surface area contributed by atoms with Crippen LogP contribution >= 0.6 is 0 Å². The first-order chi connectivity index (χ1) is 6.35. The van der Waals surface area contributed by atoms with E-state index >= 15 is 0 Å². The molecular formula is C12H19N. The maximum Gasteiger partial charge on any atom is 0.0210 e. The first kappa shape index (κ1) is 8.76. The van der Waals surface area contributed by atoms with Crippen LogP contribution < -0.4 is 5.32 Å². The van der Waals surface area contributed by atoms with E-state index in [1.165, 1.54) is 24.8 Å². The summed E-state index contributed by atoms with van der Waals surface area (Å²) < 4.78 is 0. The maximum atomic E-state index is 3.64. The van der Waals surface area contributed by atoms with E-state index in [2.05, 4.69) is 42.6 Å². The normalized spacial score (nSPS) is 18.5. The standard InChI is InChI=1S/C12H17N.H2/c1-2-12(8-9-12)13-10-11-6-4-3-5-7-11;/h3-7,13H,2,8-10H2,1H3;1H. The monoisotopic (exact) mass is 177 g/mol. The molecule has 1 nitrogen and oxygen atoms in total. The van der Waals surface area contributed by atoms with Crippen molar-refractivity contribution in [3.63, 3.8) is 0 Å². The van der Waals surface area contributed by atoms with Crippen LogP contribution in [0.4, 0.5) is 0 Å². The Bertz CT molecular complexity index is 267. The number of rotatable bonds is 4. The van der Waals surface area contributed by atoms with Crippen LogP contribution in [0.15, 0.2) is 30.3 Å². The molecule has 0 radical (unpaired) electrons. The van der Waals surface area contributed by atoms with Crippen molar-refractivity contribution < 1.29 is 1.43 Å². The van der Waals surface area contributed by atoms with Gasteiger partial charge in [-0.3, -0.25) is 0 Å². The molecule has 2 rings (SSSR count). The second-order valence-electron chi connectivity index (χ2n) is 3.97. The molecule has 0 amide bonds. The summed E-state index contributed by atoms with van der Waals surface area (Å²) >= 11 is 0. The van der Waals surface area contributed by atoms with E-state index in [9.17, 15) is 0 Å². The molecule has 0 aliphatic heterocycles. The Morgan fingerprint density at radius 1 is 1.31 bits per heavy atom. The molecule has 0 unspecified atom stereocenters. The fourth-order valence-electron chi connectivity index (χ4n) is 1.69. The smallest absolute Gasteiger partial charge is 0.0210 e. The van der Waals surface area contributed by atoms with Gasteiger partial charge in [0.05, 0.1) is 0 Å². The fraction of sp³-hybridized carbons (Fsp3) is 0.500. The van der Waals surface area contributed by atoms with E-state index in [1.54, 1.807) is 0 Å². The molecule has 1 heteroatoms. The Hall–Kier alpha value is -0.820. The van der Waals surface area contributed by atoms with Crippen LogP contribution in [0.5, 0.6) is 0 Å². The summed E-state index contributed by atoms with van der Waals surface area (Å²) in [6, 6.07) is 10.6. The molecule has 0 atom stereocenters. The Kier molecular flexibility index (Phi) is 2.36. The summed E-state index contributed by atoms with van der Waals surface area (Å²) in [5.74, 6) is 0. The molecule has 1 N–H and O–H groups in total. The molecule has 1 aromatic carbocycles. The number of hydrogen-bond acceptors (Lipinski definition) is 1. The maximum absolute atomic E-state index is 3.64. The lowest BCUT2D eigenvalue weighted by molar-refractivity contribution is 0.482. The molecule has 1 aliphatic rings. The van der Waals surface area contributed by atoms with Crippen molar-refractivity contribution in [2.45, 2.75) is 38.3 Å². The van der Waals surface area contributed by atoms with E-state index in [4.69, 9.17) is 0 Å². The first-order valence-corrected chi connectivity index (χ1v) is 5.14. The topological polar surface area (TPSA) is 12.0 Å². The second kappa shape index (κ2) is 3.51. The zero-order valence-electron chi connectivity index (χ0n) is 8.22. The number of benzene rings is 1. The number of hydrogen-bond donors (Lipinski definition) is 1. The van der Waals surface area contributed by atoms with Gasteiger partial charge in [-0.15, -0.1) is 0 Å². The van der Waals surface area contributed by atoms with Crippen LogP contribution in [-0.4, -0.2) is 5.54 Å². The van der Waals surface area contributed by atoms with Crippen molar-refractivity contribution in [1.29, 1.82) is 0 Å². The lowest BCUT2D eigenvalue weighted by Gasteiger charge is -2.14. The molecule has 1 saturated carbocycles. The van der Waals surface area contributed by atoms with Crippen molar-refractivity contribution in [3.05, 3.63) is 35.9 Å². The Morgan fingerprint density at radius 2 is 2.00 bits per heavy atom. The summed E-state index contributed by atoms with van der Waals surface area (Å²) in [4.78, 5) is 0. The third-order valence-corrected chi connectivity index (χ3v) is 3.04. The van der Waals surface area contributed by atoms with Crippen molar-refractivity contribution in [2.75, 3.05) is 0 Å². The predicted octanol–water partition coefficient (Wildman–Crippen LogP) is 2.96. The van der Waals surface area contributed by atoms with E-state index in [0.29, 0.717) is 5.54 Å². The summed E-state index contributed by atoms with van der Waals surface area (Å²) in [7, 11) is 0. The third-order valence-electron chi connectivity index (χ3n) is 3.04. The minimum absolute atomic E-state index is 0. The van der Waals surface area contributed by atoms with Crippen LogP contribution in [-0.2, 0) is 6.54 Å². The minimum atomic E-state index is 0. The van der Waals surface area contributed by atoms with Crippen LogP contribution in [0.1, 0.15) is 33.2 Å². The average Bonchev–Trinajstić information content (AvgIpc) is 2.97. The van der Waals surface area contributed by atoms with Crippen LogP contribution in [0.25, 0.3) is 0 Å². The van der Waals surface area contributed by atoms with Gasteiger partial charge in [-0.2, -0.15) is 0 Å². The Balaban J connectivity index is 0.000000980. The minimum Gasteiger partial charge on any atom is -0.307 e. The van der Waals surface area contributed by atoms with E-state index in [0.717, 1.165) is 6.54 Å². The SMILES string of the molecule is CCC1(NCc2ccccc2)CC1.[HH]. The first-order valence-electron chi connectivity index (χ1n) is 5.14. The summed E-state index contributed by atoms with van der Waals surface area (Å²) in [5.41, 5.74) is 1.89. The highest BCUT2D eigenvalue weighted by Crippen LogP contribution is 2.38. The summed E-state index contributed by atoms with van der Waals surface area (Å²) in [6.07, 6.45) is 3.98. The molecule has 13 heavy (non-hydrogen) atoms. The van der Waals surface area contributed by atoms with Gasteiger partial charge in [-0.25, -0.2) is 0 Å². The molecule has 0 bridgehead atoms. The molecule has 0 heterocycles. The molecule has 1 aliphatic carbocycles. The van der Waals surface area contributed by atoms with Gasteiger partial charge in [0.1, 0.15) is 0 Å². The van der Waals surface area contributed by atoms with E-state index < -0.39 is 0 Å². The lowest BCUT2D eigenvalue weighted by atomic mass is 10.1. The molecular weight excluding hydrogens is 158 g/mol. The highest BCUT2D eigenvalue weighted by Gasteiger charge is 2.39. The van der Waals surface area contributed by atoms with Gasteiger partial charge in [0.15, 0.2) is 0 Å². The van der Waals surface area contributed by atoms with Crippen LogP contribution in [0.3, 0.4) is 0 Å². The van der Waals surface area contributed by atoms with E-state index in [1.807, 2.05) is 0 Å². The van der Waals surface area contributed by atoms with Gasteiger partial charge in [0, 0.05) is 13.5 Å². The highest BCUT2D eigenvalue weighted by atomic mass is 15.0. The largest absolute Gasteiger partial charge is 0.307 e. The van der Waals surface area contributed by atoms with Crippen molar-refractivity contribution in [3.8, 4) is 0 Å². The highest BCUT2D eigenvalue weighted by molar-refractivity contribution is 5.15. The predicted molar refractivity (Wildman–Crippen MR) is 57.7 cm³/mol. The van der Waals surface area contributed by atoms with Gasteiger partial charge in [-0.1, -0.05) is 37.3 Å². The van der Waals surface area contributed by atoms with Crippen molar-refractivity contribution >= 4 is 0 Å². The zero-order chi connectivity index (χ0) is 9.15. The fourth-order valence-corrected chi connectivity index (χ4v) is 1.69. The average molecular weight is 177 g/mol. The van der Waals surface area contributed by atoms with Gasteiger partial charge < -0.3 is 5.32 Å². The van der Waals surface area contributed by atoms with Crippen LogP contribution in [0, 0.1) is 0 Å². The molecule has 72 valence electrons. The Labute approximate surface area is 81.6 Å². The van der Waals surface area contributed by atoms with Gasteiger partial charge >= 0.3 is 0 Å². The molecule has 1 fully saturated rings. The third kappa shape index (κ3) is 2.10. The summed E-state index contributed by atoms with van der Waals surface area (Å²) in [6.45, 7) is 3.29. The van der Waals surface area contributed by atoms with Crippen molar-refractivity contribution in [2.24, 2.45) is 0 Å². The molecule has 0 saturated heterocycles. The lowest BCUT2D eigenvalue weighted by Crippen LogP contribution is -2.29. The van der Waals surface area contributed by atoms with Crippen LogP contribution in [0.2, 0.25) is 0 Å². The van der Waals surface area contributed by atoms with E-state index in [-0.39, 0.29) is 1.43 Å². The molecule has 0 spiro atoms. The van der Waals surface area contributed by atoms with Crippen molar-refractivity contribution in [1.82, 2.24) is 5.32 Å². The molecule has 1 aromatic rings. The summed E-state index contributed by atoms with van der Waals surface area (Å²) in [5, 5.41) is 3.64. The van der Waals surface area contributed by atoms with Gasteiger partial charge in [0.2, 0.25) is 0 Å². The second-order valence-corrected chi connectivity index (χ2v) is 3.97. The van der Waals surface area contributed by atoms with Gasteiger partial charge in [0.25, 0.3) is 0 Å². The zero-order valence-corrected chi connectivity index (χ0v) is 8.22. The number of nitrogens with one attached hydrogen (secondary N) is 1.